The van der Waals surface area contributed by atoms with Crippen LogP contribution in [0.3, 0.4) is 0 Å². The Morgan fingerprint density at radius 2 is 1.86 bits per heavy atom. The molecule has 2 heterocycles. The lowest BCUT2D eigenvalue weighted by Gasteiger charge is -2.20. The third-order valence-electron chi connectivity index (χ3n) is 5.67. The van der Waals surface area contributed by atoms with Gasteiger partial charge in [0.1, 0.15) is 6.04 Å². The van der Waals surface area contributed by atoms with Crippen LogP contribution in [-0.2, 0) is 14.8 Å². The first-order valence-electron chi connectivity index (χ1n) is 9.44. The van der Waals surface area contributed by atoms with Gasteiger partial charge in [-0.15, -0.1) is 0 Å². The highest BCUT2D eigenvalue weighted by Crippen LogP contribution is 2.33. The van der Waals surface area contributed by atoms with Crippen LogP contribution in [0.4, 0.5) is 5.69 Å². The zero-order valence-electron chi connectivity index (χ0n) is 16.5. The summed E-state index contributed by atoms with van der Waals surface area (Å²) in [6, 6.07) is 10.3. The van der Waals surface area contributed by atoms with E-state index in [1.165, 1.54) is 4.90 Å². The Morgan fingerprint density at radius 1 is 1.10 bits per heavy atom. The van der Waals surface area contributed by atoms with Crippen LogP contribution in [-0.4, -0.2) is 50.0 Å². The molecule has 0 spiro atoms. The lowest BCUT2D eigenvalue weighted by Crippen LogP contribution is -2.41. The van der Waals surface area contributed by atoms with Crippen molar-refractivity contribution in [3.8, 4) is 11.1 Å². The summed E-state index contributed by atoms with van der Waals surface area (Å²) in [5.41, 5.74) is 5.12. The van der Waals surface area contributed by atoms with Crippen molar-refractivity contribution in [2.75, 3.05) is 18.1 Å². The van der Waals surface area contributed by atoms with E-state index in [1.54, 1.807) is 12.1 Å². The number of carbonyl (C=O) groups excluding carboxylic acids is 2. The van der Waals surface area contributed by atoms with Crippen LogP contribution in [0.25, 0.3) is 11.1 Å². The van der Waals surface area contributed by atoms with Gasteiger partial charge in [0.25, 0.3) is 5.91 Å². The Kier molecular flexibility index (Phi) is 4.71. The van der Waals surface area contributed by atoms with Crippen LogP contribution in [0.15, 0.2) is 36.4 Å². The fourth-order valence-corrected chi connectivity index (χ4v) is 4.91. The number of sulfonamides is 1. The summed E-state index contributed by atoms with van der Waals surface area (Å²) in [6.45, 7) is 4.24. The molecule has 0 aromatic heterocycles. The molecule has 8 heteroatoms. The highest BCUT2D eigenvalue weighted by atomic mass is 32.2. The van der Waals surface area contributed by atoms with Gasteiger partial charge in [-0.2, -0.15) is 0 Å². The Labute approximate surface area is 170 Å². The summed E-state index contributed by atoms with van der Waals surface area (Å²) in [5.74, 6) is -0.567. The number of carbonyl (C=O) groups is 2. The van der Waals surface area contributed by atoms with Gasteiger partial charge in [0.2, 0.25) is 15.9 Å². The molecule has 2 aromatic carbocycles. The van der Waals surface area contributed by atoms with E-state index in [-0.39, 0.29) is 24.8 Å². The lowest BCUT2D eigenvalue weighted by molar-refractivity contribution is -0.119. The molecule has 2 aliphatic rings. The molecule has 1 saturated heterocycles. The molecule has 0 saturated carbocycles. The maximum absolute atomic E-state index is 13.3. The van der Waals surface area contributed by atoms with Crippen molar-refractivity contribution < 1.29 is 18.0 Å². The number of hydrogen-bond donors (Lipinski definition) is 2. The second-order valence-corrected chi connectivity index (χ2v) is 9.57. The number of anilines is 1. The van der Waals surface area contributed by atoms with Crippen LogP contribution in [0.5, 0.6) is 0 Å². The molecule has 0 radical (unpaired) electrons. The lowest BCUT2D eigenvalue weighted by atomic mass is 9.95. The van der Waals surface area contributed by atoms with Crippen molar-refractivity contribution in [3.63, 3.8) is 0 Å². The van der Waals surface area contributed by atoms with Crippen LogP contribution < -0.4 is 10.0 Å². The Bertz CT molecular complexity index is 1130. The zero-order valence-corrected chi connectivity index (χ0v) is 17.3. The Balaban J connectivity index is 1.72. The summed E-state index contributed by atoms with van der Waals surface area (Å²) in [4.78, 5) is 27.4. The standard InChI is InChI=1S/C21H23N3O4S/c1-12-5-4-6-16(13(12)2)14-7-8-18-17(9-14)21(26)24-11-15(23-29(3,27)28)10-19(24)20(25)22-18/h4-9,15,19,23H,10-11H2,1-3H3,(H,22,25). The van der Waals surface area contributed by atoms with Crippen LogP contribution in [0, 0.1) is 13.8 Å². The number of nitrogens with one attached hydrogen (secondary N) is 2. The predicted octanol–water partition coefficient (Wildman–Crippen LogP) is 2.05. The van der Waals surface area contributed by atoms with E-state index >= 15 is 0 Å². The molecule has 2 N–H and O–H groups in total. The fourth-order valence-electron chi connectivity index (χ4n) is 4.13. The topological polar surface area (TPSA) is 95.6 Å². The van der Waals surface area contributed by atoms with Crippen molar-refractivity contribution in [3.05, 3.63) is 53.1 Å². The van der Waals surface area contributed by atoms with Gasteiger partial charge < -0.3 is 10.2 Å². The Morgan fingerprint density at radius 3 is 2.59 bits per heavy atom. The number of hydrogen-bond acceptors (Lipinski definition) is 4. The molecule has 152 valence electrons. The monoisotopic (exact) mass is 413 g/mol. The second kappa shape index (κ2) is 6.96. The smallest absolute Gasteiger partial charge is 0.256 e. The van der Waals surface area contributed by atoms with Crippen molar-refractivity contribution in [1.29, 1.82) is 0 Å². The van der Waals surface area contributed by atoms with Gasteiger partial charge in [-0.25, -0.2) is 13.1 Å². The highest BCUT2D eigenvalue weighted by molar-refractivity contribution is 7.88. The van der Waals surface area contributed by atoms with Crippen LogP contribution in [0.2, 0.25) is 0 Å². The number of fused-ring (bicyclic) bond motifs is 2. The van der Waals surface area contributed by atoms with E-state index < -0.39 is 22.1 Å². The quantitative estimate of drug-likeness (QED) is 0.805. The number of benzene rings is 2. The maximum Gasteiger partial charge on any atom is 0.256 e. The van der Waals surface area contributed by atoms with Gasteiger partial charge in [0.05, 0.1) is 17.5 Å². The highest BCUT2D eigenvalue weighted by Gasteiger charge is 2.43. The summed E-state index contributed by atoms with van der Waals surface area (Å²) in [5, 5.41) is 2.83. The number of aryl methyl sites for hydroxylation is 1. The van der Waals surface area contributed by atoms with Gasteiger partial charge in [0.15, 0.2) is 0 Å². The Hall–Kier alpha value is -2.71. The third-order valence-corrected chi connectivity index (χ3v) is 6.43. The van der Waals surface area contributed by atoms with Gasteiger partial charge in [-0.1, -0.05) is 24.3 Å². The van der Waals surface area contributed by atoms with Crippen LogP contribution >= 0.6 is 0 Å². The molecule has 0 aliphatic carbocycles. The molecule has 1 fully saturated rings. The minimum Gasteiger partial charge on any atom is -0.325 e. The molecule has 4 rings (SSSR count). The van der Waals surface area contributed by atoms with E-state index in [9.17, 15) is 18.0 Å². The minimum absolute atomic E-state index is 0.164. The largest absolute Gasteiger partial charge is 0.325 e. The average Bonchev–Trinajstić information content (AvgIpc) is 3.02. The van der Waals surface area contributed by atoms with Crippen molar-refractivity contribution >= 4 is 27.5 Å². The van der Waals surface area contributed by atoms with E-state index in [4.69, 9.17) is 0 Å². The molecule has 29 heavy (non-hydrogen) atoms. The zero-order chi connectivity index (χ0) is 20.9. The summed E-state index contributed by atoms with van der Waals surface area (Å²) < 4.78 is 25.6. The predicted molar refractivity (Wildman–Crippen MR) is 111 cm³/mol. The molecule has 7 nitrogen and oxygen atoms in total. The number of amides is 2. The SMILES string of the molecule is Cc1cccc(-c2ccc3c(c2)C(=O)N2CC(NS(C)(=O)=O)CC2C(=O)N3)c1C. The van der Waals surface area contributed by atoms with Crippen molar-refractivity contribution in [2.24, 2.45) is 0 Å². The van der Waals surface area contributed by atoms with Gasteiger partial charge in [0, 0.05) is 12.6 Å². The van der Waals surface area contributed by atoms with E-state index in [0.29, 0.717) is 11.3 Å². The average molecular weight is 413 g/mol. The van der Waals surface area contributed by atoms with Gasteiger partial charge in [-0.3, -0.25) is 9.59 Å². The van der Waals surface area contributed by atoms with Gasteiger partial charge >= 0.3 is 0 Å². The van der Waals surface area contributed by atoms with E-state index in [2.05, 4.69) is 10.0 Å². The van der Waals surface area contributed by atoms with Crippen molar-refractivity contribution in [1.82, 2.24) is 9.62 Å². The summed E-state index contributed by atoms with van der Waals surface area (Å²) >= 11 is 0. The molecule has 2 unspecified atom stereocenters. The minimum atomic E-state index is -3.43. The van der Waals surface area contributed by atoms with Crippen molar-refractivity contribution in [2.45, 2.75) is 32.4 Å². The molecule has 2 aliphatic heterocycles. The normalized spacial score (nSPS) is 21.4. The maximum atomic E-state index is 13.3. The molecule has 2 aromatic rings. The molecular weight excluding hydrogens is 390 g/mol. The summed E-state index contributed by atoms with van der Waals surface area (Å²) in [6.07, 6.45) is 1.33. The third kappa shape index (κ3) is 3.65. The first-order valence-corrected chi connectivity index (χ1v) is 11.3. The first-order chi connectivity index (χ1) is 13.6. The van der Waals surface area contributed by atoms with E-state index in [1.807, 2.05) is 38.1 Å². The number of nitrogens with zero attached hydrogens (tertiary/aromatic N) is 1. The van der Waals surface area contributed by atoms with Gasteiger partial charge in [-0.05, 0) is 54.7 Å². The molecule has 2 amide bonds. The first kappa shape index (κ1) is 19.6. The summed E-state index contributed by atoms with van der Waals surface area (Å²) in [7, 11) is -3.43. The molecule has 0 bridgehead atoms. The molecule has 2 atom stereocenters. The fraction of sp³-hybridized carbons (Fsp3) is 0.333. The second-order valence-electron chi connectivity index (χ2n) is 7.79. The van der Waals surface area contributed by atoms with E-state index in [0.717, 1.165) is 28.5 Å². The number of rotatable bonds is 3. The van der Waals surface area contributed by atoms with Crippen LogP contribution in [0.1, 0.15) is 27.9 Å². The molecular formula is C21H23N3O4S.